The molecule has 5 nitrogen and oxygen atoms in total. The van der Waals surface area contributed by atoms with Gasteiger partial charge < -0.3 is 16.4 Å². The molecule has 1 heterocycles. The third-order valence-electron chi connectivity index (χ3n) is 3.75. The van der Waals surface area contributed by atoms with E-state index in [9.17, 15) is 0 Å². The lowest BCUT2D eigenvalue weighted by atomic mass is 10.1. The Morgan fingerprint density at radius 1 is 1.04 bits per heavy atom. The van der Waals surface area contributed by atoms with Gasteiger partial charge >= 0.3 is 0 Å². The number of benzene rings is 2. The number of nitrogen functional groups attached to an aromatic ring is 2. The van der Waals surface area contributed by atoms with Gasteiger partial charge in [0.15, 0.2) is 0 Å². The molecular weight excluding hydrogens is 310 g/mol. The van der Waals surface area contributed by atoms with Crippen LogP contribution < -0.4 is 16.4 Å². The predicted molar refractivity (Wildman–Crippen MR) is 96.5 cm³/mol. The summed E-state index contributed by atoms with van der Waals surface area (Å²) in [7, 11) is 0. The van der Waals surface area contributed by atoms with Gasteiger partial charge in [-0.2, -0.15) is 4.98 Å². The first-order valence-corrected chi connectivity index (χ1v) is 7.76. The van der Waals surface area contributed by atoms with E-state index >= 15 is 0 Å². The van der Waals surface area contributed by atoms with Crippen molar-refractivity contribution in [2.45, 2.75) is 13.5 Å². The smallest absolute Gasteiger partial charge is 0.222 e. The Morgan fingerprint density at radius 3 is 2.48 bits per heavy atom. The summed E-state index contributed by atoms with van der Waals surface area (Å²) in [5.74, 6) is 0.600. The average Bonchev–Trinajstić information content (AvgIpc) is 2.54. The normalized spacial score (nSPS) is 10.9. The number of nitrogens with two attached hydrogens (primary N) is 2. The summed E-state index contributed by atoms with van der Waals surface area (Å²) < 4.78 is 0. The SMILES string of the molecule is CCN(Cc1ccc2nc(N)nc(N)c2c1)c1ccc(Cl)cc1. The molecule has 0 bridgehead atoms. The highest BCUT2D eigenvalue weighted by Gasteiger charge is 2.08. The van der Waals surface area contributed by atoms with Gasteiger partial charge in [0.2, 0.25) is 5.95 Å². The number of hydrogen-bond acceptors (Lipinski definition) is 5. The fourth-order valence-corrected chi connectivity index (χ4v) is 2.70. The van der Waals surface area contributed by atoms with Crippen LogP contribution in [-0.4, -0.2) is 16.5 Å². The molecule has 0 spiro atoms. The maximum atomic E-state index is 5.96. The zero-order chi connectivity index (χ0) is 16.4. The highest BCUT2D eigenvalue weighted by Crippen LogP contribution is 2.23. The summed E-state index contributed by atoms with van der Waals surface area (Å²) >= 11 is 5.96. The van der Waals surface area contributed by atoms with Crippen LogP contribution in [0.15, 0.2) is 42.5 Å². The van der Waals surface area contributed by atoms with Crippen molar-refractivity contribution in [1.82, 2.24) is 9.97 Å². The van der Waals surface area contributed by atoms with E-state index in [1.807, 2.05) is 42.5 Å². The molecule has 0 aliphatic rings. The molecule has 2 aromatic carbocycles. The number of hydrogen-bond donors (Lipinski definition) is 2. The molecule has 0 aliphatic heterocycles. The van der Waals surface area contributed by atoms with Gasteiger partial charge in [-0.3, -0.25) is 0 Å². The summed E-state index contributed by atoms with van der Waals surface area (Å²) in [4.78, 5) is 10.5. The lowest BCUT2D eigenvalue weighted by Gasteiger charge is -2.23. The third-order valence-corrected chi connectivity index (χ3v) is 4.01. The summed E-state index contributed by atoms with van der Waals surface area (Å²) in [5.41, 5.74) is 14.6. The minimum absolute atomic E-state index is 0.194. The zero-order valence-electron chi connectivity index (χ0n) is 12.8. The minimum atomic E-state index is 0.194. The van der Waals surface area contributed by atoms with Crippen molar-refractivity contribution in [3.05, 3.63) is 53.1 Å². The fourth-order valence-electron chi connectivity index (χ4n) is 2.57. The van der Waals surface area contributed by atoms with Crippen molar-refractivity contribution in [3.8, 4) is 0 Å². The highest BCUT2D eigenvalue weighted by molar-refractivity contribution is 6.30. The van der Waals surface area contributed by atoms with Crippen molar-refractivity contribution in [2.24, 2.45) is 0 Å². The van der Waals surface area contributed by atoms with Gasteiger partial charge in [0, 0.05) is 29.2 Å². The first-order chi connectivity index (χ1) is 11.1. The molecule has 0 amide bonds. The van der Waals surface area contributed by atoms with E-state index in [1.165, 1.54) is 0 Å². The first kappa shape index (κ1) is 15.4. The second-order valence-electron chi connectivity index (χ2n) is 5.31. The number of rotatable bonds is 4. The van der Waals surface area contributed by atoms with Crippen LogP contribution in [0.1, 0.15) is 12.5 Å². The average molecular weight is 328 g/mol. The van der Waals surface area contributed by atoms with E-state index in [1.54, 1.807) is 0 Å². The molecule has 0 radical (unpaired) electrons. The fraction of sp³-hybridized carbons (Fsp3) is 0.176. The largest absolute Gasteiger partial charge is 0.383 e. The molecular formula is C17H18ClN5. The maximum absolute atomic E-state index is 5.96. The van der Waals surface area contributed by atoms with Crippen molar-refractivity contribution < 1.29 is 0 Å². The van der Waals surface area contributed by atoms with Crippen molar-refractivity contribution in [3.63, 3.8) is 0 Å². The van der Waals surface area contributed by atoms with Gasteiger partial charge in [-0.15, -0.1) is 0 Å². The van der Waals surface area contributed by atoms with Crippen molar-refractivity contribution >= 4 is 40.0 Å². The van der Waals surface area contributed by atoms with Gasteiger partial charge in [0.05, 0.1) is 5.52 Å². The summed E-state index contributed by atoms with van der Waals surface area (Å²) in [6.45, 7) is 3.76. The van der Waals surface area contributed by atoms with Gasteiger partial charge in [0.25, 0.3) is 0 Å². The third kappa shape index (κ3) is 3.29. The molecule has 3 aromatic rings. The summed E-state index contributed by atoms with van der Waals surface area (Å²) in [6, 6.07) is 13.8. The summed E-state index contributed by atoms with van der Waals surface area (Å²) in [5, 5.41) is 1.56. The van der Waals surface area contributed by atoms with E-state index in [4.69, 9.17) is 23.1 Å². The Morgan fingerprint density at radius 2 is 1.78 bits per heavy atom. The zero-order valence-corrected chi connectivity index (χ0v) is 13.6. The molecule has 23 heavy (non-hydrogen) atoms. The monoisotopic (exact) mass is 327 g/mol. The standard InChI is InChI=1S/C17H18ClN5/c1-2-23(13-6-4-12(18)5-7-13)10-11-3-8-15-14(9-11)16(19)22-17(20)21-15/h3-9H,2,10H2,1H3,(H4,19,20,21,22). The van der Waals surface area contributed by atoms with Crippen molar-refractivity contribution in [1.29, 1.82) is 0 Å². The Labute approximate surface area is 139 Å². The number of aromatic nitrogens is 2. The molecule has 0 saturated carbocycles. The maximum Gasteiger partial charge on any atom is 0.222 e. The van der Waals surface area contributed by atoms with Crippen LogP contribution in [0, 0.1) is 0 Å². The van der Waals surface area contributed by atoms with Gasteiger partial charge in [-0.05, 0) is 48.9 Å². The second kappa shape index (κ2) is 6.30. The van der Waals surface area contributed by atoms with Crippen LogP contribution in [0.25, 0.3) is 10.9 Å². The molecule has 118 valence electrons. The molecule has 1 aromatic heterocycles. The molecule has 0 unspecified atom stereocenters. The Balaban J connectivity index is 1.91. The van der Waals surface area contributed by atoms with E-state index in [0.29, 0.717) is 5.82 Å². The lowest BCUT2D eigenvalue weighted by Crippen LogP contribution is -2.21. The second-order valence-corrected chi connectivity index (χ2v) is 5.75. The molecule has 0 aliphatic carbocycles. The van der Waals surface area contributed by atoms with Crippen LogP contribution in [-0.2, 0) is 6.54 Å². The minimum Gasteiger partial charge on any atom is -0.383 e. The Kier molecular flexibility index (Phi) is 4.21. The van der Waals surface area contributed by atoms with E-state index in [2.05, 4.69) is 21.8 Å². The van der Waals surface area contributed by atoms with E-state index < -0.39 is 0 Å². The van der Waals surface area contributed by atoms with Crippen LogP contribution >= 0.6 is 11.6 Å². The van der Waals surface area contributed by atoms with Gasteiger partial charge in [-0.1, -0.05) is 17.7 Å². The molecule has 0 saturated heterocycles. The predicted octanol–water partition coefficient (Wildman–Crippen LogP) is 3.47. The topological polar surface area (TPSA) is 81.1 Å². The van der Waals surface area contributed by atoms with Crippen molar-refractivity contribution in [2.75, 3.05) is 22.9 Å². The van der Waals surface area contributed by atoms with Crippen LogP contribution in [0.3, 0.4) is 0 Å². The molecule has 3 rings (SSSR count). The van der Waals surface area contributed by atoms with Crippen LogP contribution in [0.5, 0.6) is 0 Å². The number of nitrogens with zero attached hydrogens (tertiary/aromatic N) is 3. The Hall–Kier alpha value is -2.53. The Bertz CT molecular complexity index is 832. The van der Waals surface area contributed by atoms with Crippen LogP contribution in [0.2, 0.25) is 5.02 Å². The van der Waals surface area contributed by atoms with Crippen LogP contribution in [0.4, 0.5) is 17.5 Å². The highest BCUT2D eigenvalue weighted by atomic mass is 35.5. The number of fused-ring (bicyclic) bond motifs is 1. The summed E-state index contributed by atoms with van der Waals surface area (Å²) in [6.07, 6.45) is 0. The molecule has 6 heteroatoms. The lowest BCUT2D eigenvalue weighted by molar-refractivity contribution is 0.833. The molecule has 4 N–H and O–H groups in total. The van der Waals surface area contributed by atoms with E-state index in [0.717, 1.165) is 40.3 Å². The van der Waals surface area contributed by atoms with Gasteiger partial charge in [0.1, 0.15) is 5.82 Å². The van der Waals surface area contributed by atoms with E-state index in [-0.39, 0.29) is 5.95 Å². The quantitative estimate of drug-likeness (QED) is 0.766. The van der Waals surface area contributed by atoms with Gasteiger partial charge in [-0.25, -0.2) is 4.98 Å². The number of anilines is 3. The number of halogens is 1. The molecule has 0 atom stereocenters. The first-order valence-electron chi connectivity index (χ1n) is 7.39. The molecule has 0 fully saturated rings.